The van der Waals surface area contributed by atoms with Crippen LogP contribution in [0.4, 0.5) is 0 Å². The van der Waals surface area contributed by atoms with Gasteiger partial charge in [0.2, 0.25) is 0 Å². The molecule has 0 aliphatic carbocycles. The molecule has 1 aliphatic heterocycles. The molecule has 4 heteroatoms. The first-order valence-electron chi connectivity index (χ1n) is 4.87. The monoisotopic (exact) mass is 225 g/mol. The molecular weight excluding hydrogens is 214 g/mol. The minimum Gasteiger partial charge on any atom is -0.481 e. The van der Waals surface area contributed by atoms with Crippen LogP contribution in [0.3, 0.4) is 0 Å². The molecule has 2 N–H and O–H groups in total. The summed E-state index contributed by atoms with van der Waals surface area (Å²) >= 11 is 5.88. The van der Waals surface area contributed by atoms with Crippen molar-refractivity contribution in [1.29, 1.82) is 0 Å². The van der Waals surface area contributed by atoms with Gasteiger partial charge in [0.1, 0.15) is 0 Å². The van der Waals surface area contributed by atoms with Crippen molar-refractivity contribution in [3.8, 4) is 0 Å². The smallest absolute Gasteiger partial charge is 0.308 e. The molecule has 3 nitrogen and oxygen atoms in total. The Morgan fingerprint density at radius 3 is 2.93 bits per heavy atom. The number of hydrogen-bond acceptors (Lipinski definition) is 2. The lowest BCUT2D eigenvalue weighted by Crippen LogP contribution is -2.20. The molecule has 1 aliphatic rings. The largest absolute Gasteiger partial charge is 0.481 e. The number of aliphatic carboxylic acids is 1. The Morgan fingerprint density at radius 1 is 1.47 bits per heavy atom. The van der Waals surface area contributed by atoms with Crippen molar-refractivity contribution in [1.82, 2.24) is 5.32 Å². The van der Waals surface area contributed by atoms with Crippen LogP contribution < -0.4 is 5.32 Å². The summed E-state index contributed by atoms with van der Waals surface area (Å²) in [6.45, 7) is 1.24. The number of carboxylic acids is 1. The fourth-order valence-corrected chi connectivity index (χ4v) is 2.22. The minimum absolute atomic E-state index is 0.0289. The fraction of sp³-hybridized carbons (Fsp3) is 0.364. The molecule has 1 saturated heterocycles. The van der Waals surface area contributed by atoms with Gasteiger partial charge in [-0.15, -0.1) is 0 Å². The predicted octanol–water partition coefficient (Wildman–Crippen LogP) is 1.73. The molecule has 1 aromatic rings. The topological polar surface area (TPSA) is 49.3 Å². The average Bonchev–Trinajstić information content (AvgIpc) is 2.65. The highest BCUT2D eigenvalue weighted by molar-refractivity contribution is 6.30. The molecule has 1 heterocycles. The molecule has 2 atom stereocenters. The van der Waals surface area contributed by atoms with Gasteiger partial charge in [0.25, 0.3) is 0 Å². The molecule has 80 valence electrons. The fourth-order valence-electron chi connectivity index (χ4n) is 2.03. The quantitative estimate of drug-likeness (QED) is 0.806. The summed E-state index contributed by atoms with van der Waals surface area (Å²) in [5.74, 6) is -1.06. The Kier molecular flexibility index (Phi) is 2.93. The molecule has 15 heavy (non-hydrogen) atoms. The van der Waals surface area contributed by atoms with Crippen LogP contribution in [0.1, 0.15) is 11.5 Å². The zero-order valence-corrected chi connectivity index (χ0v) is 8.87. The Labute approximate surface area is 93.1 Å². The number of carbonyl (C=O) groups is 1. The molecule has 0 amide bonds. The predicted molar refractivity (Wildman–Crippen MR) is 58.2 cm³/mol. The summed E-state index contributed by atoms with van der Waals surface area (Å²) in [5, 5.41) is 12.8. The van der Waals surface area contributed by atoms with Crippen molar-refractivity contribution in [3.05, 3.63) is 34.9 Å². The van der Waals surface area contributed by atoms with E-state index in [0.717, 1.165) is 5.56 Å². The molecule has 1 aromatic carbocycles. The maximum absolute atomic E-state index is 11.0. The van der Waals surface area contributed by atoms with Gasteiger partial charge in [-0.3, -0.25) is 4.79 Å². The van der Waals surface area contributed by atoms with Crippen molar-refractivity contribution < 1.29 is 9.90 Å². The van der Waals surface area contributed by atoms with Crippen LogP contribution in [0.5, 0.6) is 0 Å². The van der Waals surface area contributed by atoms with Gasteiger partial charge in [-0.05, 0) is 17.7 Å². The van der Waals surface area contributed by atoms with Gasteiger partial charge >= 0.3 is 5.97 Å². The first-order chi connectivity index (χ1) is 7.18. The lowest BCUT2D eigenvalue weighted by atomic mass is 9.89. The second kappa shape index (κ2) is 4.21. The summed E-state index contributed by atoms with van der Waals surface area (Å²) in [4.78, 5) is 11.0. The highest BCUT2D eigenvalue weighted by atomic mass is 35.5. The van der Waals surface area contributed by atoms with E-state index in [1.807, 2.05) is 18.2 Å². The third-order valence-corrected chi connectivity index (χ3v) is 3.04. The van der Waals surface area contributed by atoms with Crippen LogP contribution in [-0.4, -0.2) is 24.2 Å². The van der Waals surface area contributed by atoms with Crippen LogP contribution >= 0.6 is 11.6 Å². The van der Waals surface area contributed by atoms with Gasteiger partial charge in [0.05, 0.1) is 5.92 Å². The van der Waals surface area contributed by atoms with Crippen molar-refractivity contribution in [2.24, 2.45) is 5.92 Å². The van der Waals surface area contributed by atoms with Crippen molar-refractivity contribution >= 4 is 17.6 Å². The van der Waals surface area contributed by atoms with E-state index in [2.05, 4.69) is 5.32 Å². The maximum atomic E-state index is 11.0. The summed E-state index contributed by atoms with van der Waals surface area (Å²) in [6.07, 6.45) is 0. The number of halogens is 1. The van der Waals surface area contributed by atoms with E-state index in [0.29, 0.717) is 18.1 Å². The van der Waals surface area contributed by atoms with E-state index in [1.54, 1.807) is 6.07 Å². The van der Waals surface area contributed by atoms with Crippen molar-refractivity contribution in [2.75, 3.05) is 13.1 Å². The molecule has 0 spiro atoms. The van der Waals surface area contributed by atoms with E-state index < -0.39 is 5.97 Å². The van der Waals surface area contributed by atoms with E-state index in [9.17, 15) is 4.79 Å². The van der Waals surface area contributed by atoms with Gasteiger partial charge in [-0.2, -0.15) is 0 Å². The van der Waals surface area contributed by atoms with Crippen LogP contribution in [0, 0.1) is 5.92 Å². The third kappa shape index (κ3) is 2.13. The normalized spacial score (nSPS) is 25.4. The number of hydrogen-bond donors (Lipinski definition) is 2. The standard InChI is InChI=1S/C11H12ClNO2/c12-8-3-1-2-7(4-8)9-5-13-6-10(9)11(14)15/h1-4,9-10,13H,5-6H2,(H,14,15)/t9-,10-/m1/s1. The van der Waals surface area contributed by atoms with Crippen molar-refractivity contribution in [2.45, 2.75) is 5.92 Å². The van der Waals surface area contributed by atoms with Crippen LogP contribution in [0.2, 0.25) is 5.02 Å². The lowest BCUT2D eigenvalue weighted by molar-refractivity contribution is -0.141. The molecule has 0 bridgehead atoms. The number of nitrogens with one attached hydrogen (secondary N) is 1. The van der Waals surface area contributed by atoms with Crippen LogP contribution in [0.25, 0.3) is 0 Å². The summed E-state index contributed by atoms with van der Waals surface area (Å²) in [7, 11) is 0. The zero-order valence-electron chi connectivity index (χ0n) is 8.11. The molecule has 0 unspecified atom stereocenters. The summed E-state index contributed by atoms with van der Waals surface area (Å²) < 4.78 is 0. The summed E-state index contributed by atoms with van der Waals surface area (Å²) in [5.41, 5.74) is 1.000. The molecular formula is C11H12ClNO2. The average molecular weight is 226 g/mol. The van der Waals surface area contributed by atoms with Gasteiger partial charge in [0, 0.05) is 24.0 Å². The molecule has 0 radical (unpaired) electrons. The molecule has 0 aromatic heterocycles. The molecule has 1 fully saturated rings. The second-order valence-corrected chi connectivity index (χ2v) is 4.20. The van der Waals surface area contributed by atoms with E-state index in [4.69, 9.17) is 16.7 Å². The lowest BCUT2D eigenvalue weighted by Gasteiger charge is -2.14. The Bertz CT molecular complexity index is 381. The van der Waals surface area contributed by atoms with Gasteiger partial charge in [0.15, 0.2) is 0 Å². The van der Waals surface area contributed by atoms with Gasteiger partial charge in [-0.25, -0.2) is 0 Å². The first kappa shape index (κ1) is 10.5. The number of carboxylic acid groups (broad SMARTS) is 1. The second-order valence-electron chi connectivity index (χ2n) is 3.76. The highest BCUT2D eigenvalue weighted by Gasteiger charge is 2.33. The Hall–Kier alpha value is -1.06. The summed E-state index contributed by atoms with van der Waals surface area (Å²) in [6, 6.07) is 7.42. The zero-order chi connectivity index (χ0) is 10.8. The molecule has 2 rings (SSSR count). The highest BCUT2D eigenvalue weighted by Crippen LogP contribution is 2.29. The van der Waals surface area contributed by atoms with Crippen LogP contribution in [-0.2, 0) is 4.79 Å². The van der Waals surface area contributed by atoms with Crippen molar-refractivity contribution in [3.63, 3.8) is 0 Å². The van der Waals surface area contributed by atoms with Gasteiger partial charge < -0.3 is 10.4 Å². The minimum atomic E-state index is -0.745. The first-order valence-corrected chi connectivity index (χ1v) is 5.25. The van der Waals surface area contributed by atoms with Gasteiger partial charge in [-0.1, -0.05) is 23.7 Å². The SMILES string of the molecule is O=C(O)[C@@H]1CNC[C@@H]1c1cccc(Cl)c1. The Morgan fingerprint density at radius 2 is 2.27 bits per heavy atom. The van der Waals surface area contributed by atoms with Crippen LogP contribution in [0.15, 0.2) is 24.3 Å². The number of rotatable bonds is 2. The van der Waals surface area contributed by atoms with E-state index in [1.165, 1.54) is 0 Å². The maximum Gasteiger partial charge on any atom is 0.308 e. The molecule has 0 saturated carbocycles. The van der Waals surface area contributed by atoms with E-state index >= 15 is 0 Å². The number of benzene rings is 1. The third-order valence-electron chi connectivity index (χ3n) is 2.81. The Balaban J connectivity index is 2.26. The van der Waals surface area contributed by atoms with E-state index in [-0.39, 0.29) is 11.8 Å².